The number of nitrogens with zero attached hydrogens (tertiary/aromatic N) is 3. The molecule has 2 aromatic rings. The van der Waals surface area contributed by atoms with Gasteiger partial charge in [-0.25, -0.2) is 4.52 Å². The van der Waals surface area contributed by atoms with Gasteiger partial charge in [0.1, 0.15) is 5.82 Å². The van der Waals surface area contributed by atoms with Gasteiger partial charge in [-0.15, -0.1) is 0 Å². The number of anilines is 1. The van der Waals surface area contributed by atoms with Crippen LogP contribution in [0.1, 0.15) is 5.69 Å². The van der Waals surface area contributed by atoms with Crippen LogP contribution in [-0.4, -0.2) is 28.7 Å². The van der Waals surface area contributed by atoms with E-state index in [1.54, 1.807) is 0 Å². The molecule has 2 aromatic heterocycles. The topological polar surface area (TPSA) is 46.6 Å². The lowest BCUT2D eigenvalue weighted by atomic mass is 10.1. The smallest absolute Gasteiger partial charge is 0.130 e. The zero-order chi connectivity index (χ0) is 10.4. The first-order chi connectivity index (χ1) is 7.24. The molecule has 0 amide bonds. The molecule has 1 aliphatic heterocycles. The van der Waals surface area contributed by atoms with Gasteiger partial charge >= 0.3 is 0 Å². The molecule has 0 aliphatic carbocycles. The highest BCUT2D eigenvalue weighted by Gasteiger charge is 2.25. The number of nitrogens with two attached hydrogens (primary N) is 1. The third kappa shape index (κ3) is 1.29. The van der Waals surface area contributed by atoms with Gasteiger partial charge in [0.2, 0.25) is 0 Å². The summed E-state index contributed by atoms with van der Waals surface area (Å²) in [4.78, 5) is 2.25. The van der Waals surface area contributed by atoms with E-state index in [1.807, 2.05) is 17.5 Å². The van der Waals surface area contributed by atoms with Crippen molar-refractivity contribution in [3.05, 3.63) is 30.0 Å². The van der Waals surface area contributed by atoms with Crippen molar-refractivity contribution in [1.29, 1.82) is 0 Å². The third-order valence-electron chi connectivity index (χ3n) is 2.85. The first-order valence-corrected chi connectivity index (χ1v) is 5.20. The van der Waals surface area contributed by atoms with E-state index in [9.17, 15) is 0 Å². The van der Waals surface area contributed by atoms with Gasteiger partial charge < -0.3 is 10.6 Å². The molecule has 1 saturated heterocycles. The molecular formula is C11H14N4. The minimum Gasteiger partial charge on any atom is -0.353 e. The van der Waals surface area contributed by atoms with Crippen LogP contribution in [0.4, 0.5) is 5.82 Å². The fourth-order valence-corrected chi connectivity index (χ4v) is 2.00. The van der Waals surface area contributed by atoms with Gasteiger partial charge in [-0.3, -0.25) is 0 Å². The molecule has 15 heavy (non-hydrogen) atoms. The highest BCUT2D eigenvalue weighted by molar-refractivity contribution is 5.58. The highest BCUT2D eigenvalue weighted by atomic mass is 15.4. The summed E-state index contributed by atoms with van der Waals surface area (Å²) in [6.45, 7) is 3.87. The van der Waals surface area contributed by atoms with E-state index >= 15 is 0 Å². The summed E-state index contributed by atoms with van der Waals surface area (Å²) in [5, 5.41) is 4.50. The first-order valence-electron chi connectivity index (χ1n) is 5.20. The average molecular weight is 202 g/mol. The minimum absolute atomic E-state index is 0.320. The third-order valence-corrected chi connectivity index (χ3v) is 2.85. The maximum Gasteiger partial charge on any atom is 0.130 e. The van der Waals surface area contributed by atoms with Crippen LogP contribution in [0.5, 0.6) is 0 Å². The Morgan fingerprint density at radius 2 is 2.00 bits per heavy atom. The van der Waals surface area contributed by atoms with Gasteiger partial charge in [-0.1, -0.05) is 0 Å². The summed E-state index contributed by atoms with van der Waals surface area (Å²) in [6.07, 6.45) is 0. The summed E-state index contributed by atoms with van der Waals surface area (Å²) < 4.78 is 1.99. The molecule has 0 aromatic carbocycles. The Morgan fingerprint density at radius 1 is 1.27 bits per heavy atom. The zero-order valence-electron chi connectivity index (χ0n) is 8.72. The Hall–Kier alpha value is -1.55. The Labute approximate surface area is 88.3 Å². The Kier molecular flexibility index (Phi) is 1.73. The molecule has 0 unspecified atom stereocenters. The number of aromatic nitrogens is 2. The average Bonchev–Trinajstić information content (AvgIpc) is 2.56. The number of rotatable bonds is 1. The van der Waals surface area contributed by atoms with E-state index in [1.165, 1.54) is 0 Å². The fraction of sp³-hybridized carbons (Fsp3) is 0.364. The molecule has 1 fully saturated rings. The lowest BCUT2D eigenvalue weighted by Gasteiger charge is -2.37. The summed E-state index contributed by atoms with van der Waals surface area (Å²) in [5.41, 5.74) is 7.95. The van der Waals surface area contributed by atoms with Crippen LogP contribution < -0.4 is 10.6 Å². The van der Waals surface area contributed by atoms with Crippen LogP contribution in [0.3, 0.4) is 0 Å². The number of aryl methyl sites for hydroxylation is 1. The van der Waals surface area contributed by atoms with Crippen molar-refractivity contribution < 1.29 is 0 Å². The zero-order valence-corrected chi connectivity index (χ0v) is 8.72. The molecule has 0 radical (unpaired) electrons. The van der Waals surface area contributed by atoms with Gasteiger partial charge in [0, 0.05) is 19.1 Å². The van der Waals surface area contributed by atoms with Gasteiger partial charge in [-0.2, -0.15) is 5.10 Å². The molecule has 4 heteroatoms. The molecule has 0 saturated carbocycles. The van der Waals surface area contributed by atoms with Crippen LogP contribution in [-0.2, 0) is 0 Å². The van der Waals surface area contributed by atoms with Crippen molar-refractivity contribution in [3.8, 4) is 0 Å². The van der Waals surface area contributed by atoms with Crippen LogP contribution >= 0.6 is 0 Å². The van der Waals surface area contributed by atoms with Crippen LogP contribution in [0.2, 0.25) is 0 Å². The van der Waals surface area contributed by atoms with E-state index in [4.69, 9.17) is 5.73 Å². The van der Waals surface area contributed by atoms with Crippen molar-refractivity contribution >= 4 is 11.3 Å². The summed E-state index contributed by atoms with van der Waals surface area (Å²) in [6, 6.07) is 8.63. The van der Waals surface area contributed by atoms with Gasteiger partial charge in [0.05, 0.1) is 11.2 Å². The molecule has 0 atom stereocenters. The van der Waals surface area contributed by atoms with Crippen molar-refractivity contribution in [2.75, 3.05) is 18.0 Å². The SMILES string of the molecule is Cc1ccc2ccc(N3CC(N)C3)n2n1. The second-order valence-corrected chi connectivity index (χ2v) is 4.17. The molecule has 3 rings (SSSR count). The second-order valence-electron chi connectivity index (χ2n) is 4.17. The second kappa shape index (κ2) is 2.97. The molecule has 4 nitrogen and oxygen atoms in total. The molecule has 78 valence electrons. The van der Waals surface area contributed by atoms with Crippen molar-refractivity contribution in [1.82, 2.24) is 9.61 Å². The maximum atomic E-state index is 5.78. The van der Waals surface area contributed by atoms with Gasteiger partial charge in [0.25, 0.3) is 0 Å². The standard InChI is InChI=1S/C11H14N4/c1-8-2-3-10-4-5-11(15(10)13-8)14-6-9(12)7-14/h2-5,9H,6-7,12H2,1H3. The van der Waals surface area contributed by atoms with E-state index in [2.05, 4.69) is 28.2 Å². The number of hydrogen-bond donors (Lipinski definition) is 1. The monoisotopic (exact) mass is 202 g/mol. The summed E-state index contributed by atoms with van der Waals surface area (Å²) in [7, 11) is 0. The van der Waals surface area contributed by atoms with Gasteiger partial charge in [0.15, 0.2) is 0 Å². The first kappa shape index (κ1) is 8.73. The predicted molar refractivity (Wildman–Crippen MR) is 60.1 cm³/mol. The van der Waals surface area contributed by atoms with Crippen LogP contribution in [0.25, 0.3) is 5.52 Å². The van der Waals surface area contributed by atoms with Crippen molar-refractivity contribution in [3.63, 3.8) is 0 Å². The van der Waals surface area contributed by atoms with E-state index in [-0.39, 0.29) is 0 Å². The summed E-state index contributed by atoms with van der Waals surface area (Å²) in [5.74, 6) is 1.15. The summed E-state index contributed by atoms with van der Waals surface area (Å²) >= 11 is 0. The normalized spacial score (nSPS) is 17.1. The van der Waals surface area contributed by atoms with Crippen LogP contribution in [0, 0.1) is 6.92 Å². The predicted octanol–water partition coefficient (Wildman–Crippen LogP) is 0.790. The quantitative estimate of drug-likeness (QED) is 0.743. The maximum absolute atomic E-state index is 5.78. The molecule has 0 spiro atoms. The fourth-order valence-electron chi connectivity index (χ4n) is 2.00. The molecular weight excluding hydrogens is 188 g/mol. The van der Waals surface area contributed by atoms with E-state index in [0.29, 0.717) is 6.04 Å². The number of hydrogen-bond acceptors (Lipinski definition) is 3. The molecule has 3 heterocycles. The lowest BCUT2D eigenvalue weighted by Crippen LogP contribution is -2.56. The molecule has 2 N–H and O–H groups in total. The molecule has 0 bridgehead atoms. The van der Waals surface area contributed by atoms with Crippen LogP contribution in [0.15, 0.2) is 24.3 Å². The van der Waals surface area contributed by atoms with Gasteiger partial charge in [-0.05, 0) is 31.2 Å². The van der Waals surface area contributed by atoms with E-state index < -0.39 is 0 Å². The lowest BCUT2D eigenvalue weighted by molar-refractivity contribution is 0.510. The minimum atomic E-state index is 0.320. The Bertz CT molecular complexity index is 496. The largest absolute Gasteiger partial charge is 0.353 e. The van der Waals surface area contributed by atoms with Crippen molar-refractivity contribution in [2.24, 2.45) is 5.73 Å². The Morgan fingerprint density at radius 3 is 2.73 bits per heavy atom. The van der Waals surface area contributed by atoms with E-state index in [0.717, 1.165) is 30.1 Å². The molecule has 1 aliphatic rings. The highest BCUT2D eigenvalue weighted by Crippen LogP contribution is 2.22. The Balaban J connectivity index is 2.07. The number of fused-ring (bicyclic) bond motifs is 1. The van der Waals surface area contributed by atoms with Crippen molar-refractivity contribution in [2.45, 2.75) is 13.0 Å².